The lowest BCUT2D eigenvalue weighted by Crippen LogP contribution is -2.36. The highest BCUT2D eigenvalue weighted by molar-refractivity contribution is 5.80. The number of benzene rings is 2. The van der Waals surface area contributed by atoms with E-state index in [4.69, 9.17) is 9.47 Å². The maximum Gasteiger partial charge on any atom is 0.231 e. The second kappa shape index (κ2) is 6.67. The smallest absolute Gasteiger partial charge is 0.231 e. The van der Waals surface area contributed by atoms with Crippen molar-refractivity contribution in [1.29, 1.82) is 0 Å². The summed E-state index contributed by atoms with van der Waals surface area (Å²) in [5.74, 6) is 1.11. The monoisotopic (exact) mass is 379 g/mol. The fourth-order valence-corrected chi connectivity index (χ4v) is 3.72. The van der Waals surface area contributed by atoms with Crippen LogP contribution in [0.1, 0.15) is 16.8 Å². The van der Waals surface area contributed by atoms with E-state index in [2.05, 4.69) is 10.2 Å². The van der Waals surface area contributed by atoms with Crippen LogP contribution < -0.4 is 9.47 Å². The molecule has 3 aromatic rings. The number of aromatic amines is 1. The standard InChI is InChI=1S/C21H18FN3O3/c22-15-3-1-2-14(10-15)21-16-11-25(7-6-17(16)23-24-21)20(26)9-13-4-5-18-19(8-13)28-12-27-18/h1-5,8,10H,6-7,9,11-12H2,(H,23,24). The van der Waals surface area contributed by atoms with E-state index in [9.17, 15) is 9.18 Å². The minimum atomic E-state index is -0.305. The van der Waals surface area contributed by atoms with Gasteiger partial charge in [0.05, 0.1) is 12.1 Å². The highest BCUT2D eigenvalue weighted by atomic mass is 19.1. The molecule has 2 aliphatic rings. The molecule has 0 bridgehead atoms. The summed E-state index contributed by atoms with van der Waals surface area (Å²) in [7, 11) is 0. The number of nitrogens with one attached hydrogen (secondary N) is 1. The first kappa shape index (κ1) is 16.8. The summed E-state index contributed by atoms with van der Waals surface area (Å²) in [5, 5.41) is 7.41. The van der Waals surface area contributed by atoms with Crippen LogP contribution >= 0.6 is 0 Å². The second-order valence-electron chi connectivity index (χ2n) is 6.97. The topological polar surface area (TPSA) is 67.5 Å². The summed E-state index contributed by atoms with van der Waals surface area (Å²) in [4.78, 5) is 14.7. The highest BCUT2D eigenvalue weighted by Crippen LogP contribution is 2.33. The quantitative estimate of drug-likeness (QED) is 0.760. The molecule has 28 heavy (non-hydrogen) atoms. The minimum Gasteiger partial charge on any atom is -0.454 e. The Kier molecular flexibility index (Phi) is 4.00. The van der Waals surface area contributed by atoms with Crippen LogP contribution in [0, 0.1) is 5.82 Å². The Hall–Kier alpha value is -3.35. The molecular formula is C21H18FN3O3. The number of ether oxygens (including phenoxy) is 2. The van der Waals surface area contributed by atoms with Crippen molar-refractivity contribution < 1.29 is 18.7 Å². The van der Waals surface area contributed by atoms with Gasteiger partial charge >= 0.3 is 0 Å². The summed E-state index contributed by atoms with van der Waals surface area (Å²) < 4.78 is 24.3. The van der Waals surface area contributed by atoms with Gasteiger partial charge in [0.15, 0.2) is 11.5 Å². The number of carbonyl (C=O) groups excluding carboxylic acids is 1. The summed E-state index contributed by atoms with van der Waals surface area (Å²) in [6.45, 7) is 1.30. The van der Waals surface area contributed by atoms with Crippen molar-refractivity contribution in [3.8, 4) is 22.8 Å². The van der Waals surface area contributed by atoms with Crippen molar-refractivity contribution in [2.75, 3.05) is 13.3 Å². The number of nitrogens with zero attached hydrogens (tertiary/aromatic N) is 2. The molecule has 0 saturated carbocycles. The molecule has 0 saturated heterocycles. The van der Waals surface area contributed by atoms with Crippen LogP contribution in [0.15, 0.2) is 42.5 Å². The number of aromatic nitrogens is 2. The normalized spacial score (nSPS) is 14.8. The van der Waals surface area contributed by atoms with E-state index >= 15 is 0 Å². The fourth-order valence-electron chi connectivity index (χ4n) is 3.72. The van der Waals surface area contributed by atoms with Gasteiger partial charge in [-0.2, -0.15) is 5.10 Å². The van der Waals surface area contributed by atoms with Gasteiger partial charge in [-0.05, 0) is 29.8 Å². The molecule has 1 N–H and O–H groups in total. The number of halogens is 1. The van der Waals surface area contributed by atoms with Gasteiger partial charge in [0.25, 0.3) is 0 Å². The summed E-state index contributed by atoms with van der Waals surface area (Å²) in [6, 6.07) is 11.9. The molecule has 1 aromatic heterocycles. The Bertz CT molecular complexity index is 1060. The van der Waals surface area contributed by atoms with Crippen molar-refractivity contribution in [3.63, 3.8) is 0 Å². The number of hydrogen-bond donors (Lipinski definition) is 1. The number of H-pyrrole nitrogens is 1. The lowest BCUT2D eigenvalue weighted by atomic mass is 10.00. The van der Waals surface area contributed by atoms with Crippen LogP contribution in [0.5, 0.6) is 11.5 Å². The Balaban J connectivity index is 1.35. The zero-order valence-corrected chi connectivity index (χ0v) is 15.1. The molecule has 6 nitrogen and oxygen atoms in total. The van der Waals surface area contributed by atoms with Crippen LogP contribution in [0.2, 0.25) is 0 Å². The van der Waals surface area contributed by atoms with Gasteiger partial charge in [-0.15, -0.1) is 0 Å². The molecule has 1 amide bonds. The van der Waals surface area contributed by atoms with Crippen molar-refractivity contribution >= 4 is 5.91 Å². The maximum atomic E-state index is 13.6. The van der Waals surface area contributed by atoms with Gasteiger partial charge in [0, 0.05) is 36.3 Å². The number of carbonyl (C=O) groups is 1. The third-order valence-corrected chi connectivity index (χ3v) is 5.18. The van der Waals surface area contributed by atoms with E-state index in [-0.39, 0.29) is 18.5 Å². The molecule has 0 radical (unpaired) electrons. The summed E-state index contributed by atoms with van der Waals surface area (Å²) >= 11 is 0. The van der Waals surface area contributed by atoms with Crippen molar-refractivity contribution in [2.45, 2.75) is 19.4 Å². The fraction of sp³-hybridized carbons (Fsp3) is 0.238. The molecule has 7 heteroatoms. The van der Waals surface area contributed by atoms with E-state index in [1.807, 2.05) is 29.2 Å². The predicted octanol–water partition coefficient (Wildman–Crippen LogP) is 3.07. The highest BCUT2D eigenvalue weighted by Gasteiger charge is 2.26. The number of rotatable bonds is 3. The van der Waals surface area contributed by atoms with E-state index in [0.717, 1.165) is 16.8 Å². The predicted molar refractivity (Wildman–Crippen MR) is 99.4 cm³/mol. The first-order chi connectivity index (χ1) is 13.7. The molecule has 0 fully saturated rings. The Labute approximate surface area is 160 Å². The summed E-state index contributed by atoms with van der Waals surface area (Å²) in [6.07, 6.45) is 0.990. The number of hydrogen-bond acceptors (Lipinski definition) is 4. The van der Waals surface area contributed by atoms with Crippen LogP contribution in [0.4, 0.5) is 4.39 Å². The molecule has 2 aliphatic heterocycles. The zero-order valence-electron chi connectivity index (χ0n) is 15.1. The lowest BCUT2D eigenvalue weighted by molar-refractivity contribution is -0.131. The lowest BCUT2D eigenvalue weighted by Gasteiger charge is -2.27. The molecule has 0 atom stereocenters. The number of amides is 1. The van der Waals surface area contributed by atoms with Gasteiger partial charge in [-0.25, -0.2) is 4.39 Å². The zero-order chi connectivity index (χ0) is 19.1. The Morgan fingerprint density at radius 3 is 2.96 bits per heavy atom. The SMILES string of the molecule is O=C(Cc1ccc2c(c1)OCO2)N1CCc2[nH]nc(-c3cccc(F)c3)c2C1. The molecule has 5 rings (SSSR count). The van der Waals surface area contributed by atoms with Gasteiger partial charge in [-0.3, -0.25) is 9.89 Å². The Morgan fingerprint density at radius 2 is 2.07 bits per heavy atom. The van der Waals surface area contributed by atoms with E-state index in [1.165, 1.54) is 12.1 Å². The van der Waals surface area contributed by atoms with Crippen molar-refractivity contribution in [2.24, 2.45) is 0 Å². The molecule has 0 spiro atoms. The van der Waals surface area contributed by atoms with Crippen LogP contribution in [-0.2, 0) is 24.2 Å². The van der Waals surface area contributed by atoms with Crippen molar-refractivity contribution in [3.05, 3.63) is 65.1 Å². The van der Waals surface area contributed by atoms with Gasteiger partial charge in [-0.1, -0.05) is 18.2 Å². The third kappa shape index (κ3) is 2.98. The van der Waals surface area contributed by atoms with Gasteiger partial charge < -0.3 is 14.4 Å². The molecular weight excluding hydrogens is 361 g/mol. The van der Waals surface area contributed by atoms with E-state index in [1.54, 1.807) is 6.07 Å². The molecule has 2 aromatic carbocycles. The van der Waals surface area contributed by atoms with Crippen molar-refractivity contribution in [1.82, 2.24) is 15.1 Å². The first-order valence-electron chi connectivity index (χ1n) is 9.16. The van der Waals surface area contributed by atoms with Crippen LogP contribution in [-0.4, -0.2) is 34.3 Å². The first-order valence-corrected chi connectivity index (χ1v) is 9.16. The van der Waals surface area contributed by atoms with Crippen LogP contribution in [0.25, 0.3) is 11.3 Å². The second-order valence-corrected chi connectivity index (χ2v) is 6.97. The summed E-state index contributed by atoms with van der Waals surface area (Å²) in [5.41, 5.74) is 4.26. The van der Waals surface area contributed by atoms with E-state index < -0.39 is 0 Å². The minimum absolute atomic E-state index is 0.0379. The van der Waals surface area contributed by atoms with Gasteiger partial charge in [0.1, 0.15) is 5.82 Å². The van der Waals surface area contributed by atoms with E-state index in [0.29, 0.717) is 48.7 Å². The van der Waals surface area contributed by atoms with Gasteiger partial charge in [0.2, 0.25) is 12.7 Å². The molecule has 3 heterocycles. The third-order valence-electron chi connectivity index (χ3n) is 5.18. The largest absolute Gasteiger partial charge is 0.454 e. The number of fused-ring (bicyclic) bond motifs is 2. The average Bonchev–Trinajstić information content (AvgIpc) is 3.33. The average molecular weight is 379 g/mol. The Morgan fingerprint density at radius 1 is 1.18 bits per heavy atom. The van der Waals surface area contributed by atoms with Crippen LogP contribution in [0.3, 0.4) is 0 Å². The molecule has 142 valence electrons. The molecule has 0 unspecified atom stereocenters. The maximum absolute atomic E-state index is 13.6. The molecule has 0 aliphatic carbocycles.